The SMILES string of the molecule is O=C(Nc1ccccc1-n1cncn1)c1cc2cc(Cl)ccc2o1. The van der Waals surface area contributed by atoms with Gasteiger partial charge in [-0.05, 0) is 36.4 Å². The zero-order valence-electron chi connectivity index (χ0n) is 12.3. The zero-order chi connectivity index (χ0) is 16.5. The number of nitrogens with one attached hydrogen (secondary N) is 1. The molecule has 4 rings (SSSR count). The molecule has 0 aliphatic rings. The molecule has 0 radical (unpaired) electrons. The number of amides is 1. The third kappa shape index (κ3) is 2.63. The van der Waals surface area contributed by atoms with E-state index in [0.29, 0.717) is 22.0 Å². The number of carbonyl (C=O) groups excluding carboxylic acids is 1. The molecule has 0 saturated carbocycles. The first-order chi connectivity index (χ1) is 11.7. The molecule has 118 valence electrons. The number of furan rings is 1. The lowest BCUT2D eigenvalue weighted by atomic mass is 10.2. The molecule has 0 unspecified atom stereocenters. The minimum atomic E-state index is -0.352. The van der Waals surface area contributed by atoms with Gasteiger partial charge in [-0.15, -0.1) is 0 Å². The summed E-state index contributed by atoms with van der Waals surface area (Å²) >= 11 is 5.96. The molecule has 6 nitrogen and oxygen atoms in total. The summed E-state index contributed by atoms with van der Waals surface area (Å²) in [4.78, 5) is 16.4. The summed E-state index contributed by atoms with van der Waals surface area (Å²) in [6.45, 7) is 0. The van der Waals surface area contributed by atoms with Gasteiger partial charge < -0.3 is 9.73 Å². The Balaban J connectivity index is 1.66. The first-order valence-corrected chi connectivity index (χ1v) is 7.53. The van der Waals surface area contributed by atoms with Crippen LogP contribution in [-0.2, 0) is 0 Å². The molecule has 24 heavy (non-hydrogen) atoms. The van der Waals surface area contributed by atoms with Crippen molar-refractivity contribution in [1.29, 1.82) is 0 Å². The van der Waals surface area contributed by atoms with Crippen molar-refractivity contribution in [3.8, 4) is 5.69 Å². The van der Waals surface area contributed by atoms with Crippen molar-refractivity contribution >= 4 is 34.2 Å². The van der Waals surface area contributed by atoms with E-state index < -0.39 is 0 Å². The van der Waals surface area contributed by atoms with E-state index in [1.54, 1.807) is 41.3 Å². The van der Waals surface area contributed by atoms with Crippen molar-refractivity contribution < 1.29 is 9.21 Å². The lowest BCUT2D eigenvalue weighted by molar-refractivity contribution is 0.0998. The molecule has 2 aromatic heterocycles. The number of aromatic nitrogens is 3. The smallest absolute Gasteiger partial charge is 0.291 e. The van der Waals surface area contributed by atoms with Crippen molar-refractivity contribution in [3.05, 3.63) is 72.0 Å². The molecule has 1 amide bonds. The minimum absolute atomic E-state index is 0.209. The van der Waals surface area contributed by atoms with E-state index in [-0.39, 0.29) is 11.7 Å². The molecule has 2 heterocycles. The van der Waals surface area contributed by atoms with Gasteiger partial charge in [-0.2, -0.15) is 5.10 Å². The predicted octanol–water partition coefficient (Wildman–Crippen LogP) is 3.92. The summed E-state index contributed by atoms with van der Waals surface area (Å²) in [6.07, 6.45) is 3.00. The van der Waals surface area contributed by atoms with E-state index in [1.807, 2.05) is 18.2 Å². The lowest BCUT2D eigenvalue weighted by Crippen LogP contribution is -2.13. The second-order valence-corrected chi connectivity index (χ2v) is 5.54. The summed E-state index contributed by atoms with van der Waals surface area (Å²) in [5.41, 5.74) is 1.92. The molecule has 0 saturated heterocycles. The van der Waals surface area contributed by atoms with Crippen molar-refractivity contribution in [2.45, 2.75) is 0 Å². The maximum atomic E-state index is 12.5. The third-order valence-corrected chi connectivity index (χ3v) is 3.76. The Kier molecular flexibility index (Phi) is 3.51. The summed E-state index contributed by atoms with van der Waals surface area (Å²) in [6, 6.07) is 14.2. The van der Waals surface area contributed by atoms with Crippen molar-refractivity contribution in [1.82, 2.24) is 14.8 Å². The van der Waals surface area contributed by atoms with Gasteiger partial charge >= 0.3 is 0 Å². The molecular weight excluding hydrogens is 328 g/mol. The van der Waals surface area contributed by atoms with E-state index in [4.69, 9.17) is 16.0 Å². The van der Waals surface area contributed by atoms with Gasteiger partial charge in [0.2, 0.25) is 0 Å². The normalized spacial score (nSPS) is 10.9. The Labute approximate surface area is 141 Å². The lowest BCUT2D eigenvalue weighted by Gasteiger charge is -2.09. The average molecular weight is 339 g/mol. The van der Waals surface area contributed by atoms with Crippen LogP contribution in [0.4, 0.5) is 5.69 Å². The Morgan fingerprint density at radius 2 is 2.04 bits per heavy atom. The summed E-state index contributed by atoms with van der Waals surface area (Å²) in [5.74, 6) is -0.143. The molecule has 7 heteroatoms. The molecule has 0 atom stereocenters. The highest BCUT2D eigenvalue weighted by Gasteiger charge is 2.15. The quantitative estimate of drug-likeness (QED) is 0.614. The Morgan fingerprint density at radius 1 is 1.17 bits per heavy atom. The van der Waals surface area contributed by atoms with Crippen LogP contribution in [0.2, 0.25) is 5.02 Å². The van der Waals surface area contributed by atoms with Crippen LogP contribution < -0.4 is 5.32 Å². The summed E-state index contributed by atoms with van der Waals surface area (Å²) < 4.78 is 7.16. The molecule has 0 aliphatic carbocycles. The number of rotatable bonds is 3. The zero-order valence-corrected chi connectivity index (χ0v) is 13.1. The topological polar surface area (TPSA) is 73.0 Å². The van der Waals surface area contributed by atoms with Gasteiger partial charge in [-0.1, -0.05) is 23.7 Å². The maximum Gasteiger partial charge on any atom is 0.291 e. The highest BCUT2D eigenvalue weighted by molar-refractivity contribution is 6.31. The van der Waals surface area contributed by atoms with E-state index in [9.17, 15) is 4.79 Å². The second kappa shape index (κ2) is 5.82. The minimum Gasteiger partial charge on any atom is -0.451 e. The van der Waals surface area contributed by atoms with E-state index in [1.165, 1.54) is 6.33 Å². The van der Waals surface area contributed by atoms with Gasteiger partial charge in [0.25, 0.3) is 5.91 Å². The van der Waals surface area contributed by atoms with Crippen LogP contribution in [0.15, 0.2) is 65.6 Å². The molecule has 0 spiro atoms. The molecular formula is C17H11ClN4O2. The Morgan fingerprint density at radius 3 is 2.88 bits per heavy atom. The average Bonchev–Trinajstić information content (AvgIpc) is 3.24. The first kappa shape index (κ1) is 14.5. The largest absolute Gasteiger partial charge is 0.451 e. The van der Waals surface area contributed by atoms with Gasteiger partial charge in [0.05, 0.1) is 11.4 Å². The van der Waals surface area contributed by atoms with Gasteiger partial charge in [-0.25, -0.2) is 9.67 Å². The van der Waals surface area contributed by atoms with E-state index >= 15 is 0 Å². The molecule has 1 N–H and O–H groups in total. The fourth-order valence-corrected chi connectivity index (χ4v) is 2.60. The number of fused-ring (bicyclic) bond motifs is 1. The number of carbonyl (C=O) groups is 1. The monoisotopic (exact) mass is 338 g/mol. The number of hydrogen-bond acceptors (Lipinski definition) is 4. The van der Waals surface area contributed by atoms with Crippen LogP contribution >= 0.6 is 11.6 Å². The van der Waals surface area contributed by atoms with Crippen molar-refractivity contribution in [3.63, 3.8) is 0 Å². The summed E-state index contributed by atoms with van der Waals surface area (Å²) in [5, 5.41) is 8.29. The number of benzene rings is 2. The highest BCUT2D eigenvalue weighted by atomic mass is 35.5. The Hall–Kier alpha value is -3.12. The fourth-order valence-electron chi connectivity index (χ4n) is 2.42. The van der Waals surface area contributed by atoms with E-state index in [2.05, 4.69) is 15.4 Å². The van der Waals surface area contributed by atoms with Gasteiger partial charge in [0.15, 0.2) is 5.76 Å². The van der Waals surface area contributed by atoms with Crippen LogP contribution in [0, 0.1) is 0 Å². The van der Waals surface area contributed by atoms with E-state index in [0.717, 1.165) is 5.39 Å². The molecule has 4 aromatic rings. The third-order valence-electron chi connectivity index (χ3n) is 3.52. The molecule has 0 fully saturated rings. The standard InChI is InChI=1S/C17H11ClN4O2/c18-12-5-6-15-11(7-12)8-16(24-15)17(23)21-13-3-1-2-4-14(13)22-10-19-9-20-22/h1-10H,(H,21,23). The number of nitrogens with zero attached hydrogens (tertiary/aromatic N) is 3. The molecule has 2 aromatic carbocycles. The number of halogens is 1. The van der Waals surface area contributed by atoms with Gasteiger partial charge in [0, 0.05) is 10.4 Å². The second-order valence-electron chi connectivity index (χ2n) is 5.10. The van der Waals surface area contributed by atoms with Crippen LogP contribution in [0.1, 0.15) is 10.6 Å². The van der Waals surface area contributed by atoms with Gasteiger partial charge in [-0.3, -0.25) is 4.79 Å². The fraction of sp³-hybridized carbons (Fsp3) is 0. The van der Waals surface area contributed by atoms with Crippen LogP contribution in [0.25, 0.3) is 16.7 Å². The van der Waals surface area contributed by atoms with Crippen LogP contribution in [0.3, 0.4) is 0 Å². The molecule has 0 bridgehead atoms. The summed E-state index contributed by atoms with van der Waals surface area (Å²) in [7, 11) is 0. The van der Waals surface area contributed by atoms with Crippen LogP contribution in [-0.4, -0.2) is 20.7 Å². The first-order valence-electron chi connectivity index (χ1n) is 7.15. The predicted molar refractivity (Wildman–Crippen MR) is 90.5 cm³/mol. The number of anilines is 1. The van der Waals surface area contributed by atoms with Gasteiger partial charge in [0.1, 0.15) is 18.2 Å². The Bertz CT molecular complexity index is 1020. The number of hydrogen-bond donors (Lipinski definition) is 1. The van der Waals surface area contributed by atoms with Crippen LogP contribution in [0.5, 0.6) is 0 Å². The molecule has 0 aliphatic heterocycles. The number of para-hydroxylation sites is 2. The van der Waals surface area contributed by atoms with Crippen molar-refractivity contribution in [2.24, 2.45) is 0 Å². The maximum absolute atomic E-state index is 12.5. The van der Waals surface area contributed by atoms with Crippen molar-refractivity contribution in [2.75, 3.05) is 5.32 Å². The highest BCUT2D eigenvalue weighted by Crippen LogP contribution is 2.25.